The SMILES string of the molecule is CCCOC1CCCN(Cc2ccn(CC)n2)C1. The number of likely N-dealkylation sites (tertiary alicyclic amines) is 1. The van der Waals surface area contributed by atoms with Crippen LogP contribution in [0.15, 0.2) is 12.3 Å². The van der Waals surface area contributed by atoms with Crippen molar-refractivity contribution in [1.82, 2.24) is 14.7 Å². The van der Waals surface area contributed by atoms with Crippen molar-refractivity contribution in [2.24, 2.45) is 0 Å². The first-order valence-corrected chi connectivity index (χ1v) is 7.18. The maximum absolute atomic E-state index is 5.86. The van der Waals surface area contributed by atoms with Crippen LogP contribution in [0.5, 0.6) is 0 Å². The van der Waals surface area contributed by atoms with Gasteiger partial charge < -0.3 is 4.74 Å². The number of nitrogens with zero attached hydrogens (tertiary/aromatic N) is 3. The highest BCUT2D eigenvalue weighted by atomic mass is 16.5. The lowest BCUT2D eigenvalue weighted by Gasteiger charge is -2.32. The molecule has 1 aromatic rings. The lowest BCUT2D eigenvalue weighted by Crippen LogP contribution is -2.39. The van der Waals surface area contributed by atoms with E-state index in [0.29, 0.717) is 6.10 Å². The summed E-state index contributed by atoms with van der Waals surface area (Å²) in [4.78, 5) is 2.46. The standard InChI is InChI=1S/C14H25N3O/c1-3-10-18-14-6-5-8-16(12-14)11-13-7-9-17(4-2)15-13/h7,9,14H,3-6,8,10-12H2,1-2H3. The molecule has 1 aromatic heterocycles. The summed E-state index contributed by atoms with van der Waals surface area (Å²) in [6.07, 6.45) is 6.04. The predicted molar refractivity (Wildman–Crippen MR) is 72.4 cm³/mol. The van der Waals surface area contributed by atoms with Gasteiger partial charge in [-0.2, -0.15) is 5.10 Å². The fourth-order valence-corrected chi connectivity index (χ4v) is 2.47. The van der Waals surface area contributed by atoms with Crippen LogP contribution in [0.3, 0.4) is 0 Å². The van der Waals surface area contributed by atoms with Crippen LogP contribution in [0.4, 0.5) is 0 Å². The third kappa shape index (κ3) is 3.82. The smallest absolute Gasteiger partial charge is 0.0764 e. The van der Waals surface area contributed by atoms with E-state index in [2.05, 4.69) is 36.1 Å². The van der Waals surface area contributed by atoms with Crippen LogP contribution in [0, 0.1) is 0 Å². The minimum Gasteiger partial charge on any atom is -0.377 e. The number of hydrogen-bond donors (Lipinski definition) is 0. The van der Waals surface area contributed by atoms with Gasteiger partial charge in [-0.3, -0.25) is 9.58 Å². The second-order valence-electron chi connectivity index (χ2n) is 5.03. The molecule has 4 heteroatoms. The summed E-state index contributed by atoms with van der Waals surface area (Å²) >= 11 is 0. The van der Waals surface area contributed by atoms with E-state index in [1.54, 1.807) is 0 Å². The molecule has 18 heavy (non-hydrogen) atoms. The predicted octanol–water partition coefficient (Wildman–Crippen LogP) is 2.29. The molecule has 0 spiro atoms. The van der Waals surface area contributed by atoms with Crippen LogP contribution >= 0.6 is 0 Å². The summed E-state index contributed by atoms with van der Waals surface area (Å²) in [5.74, 6) is 0. The zero-order chi connectivity index (χ0) is 12.8. The Balaban J connectivity index is 1.81. The monoisotopic (exact) mass is 251 g/mol. The Morgan fingerprint density at radius 3 is 3.06 bits per heavy atom. The Kier molecular flexibility index (Phi) is 5.20. The number of rotatable bonds is 6. The van der Waals surface area contributed by atoms with E-state index in [4.69, 9.17) is 4.74 Å². The van der Waals surface area contributed by atoms with E-state index in [1.165, 1.54) is 25.1 Å². The van der Waals surface area contributed by atoms with Crippen molar-refractivity contribution in [3.8, 4) is 0 Å². The second-order valence-corrected chi connectivity index (χ2v) is 5.03. The molecule has 1 aliphatic heterocycles. The van der Waals surface area contributed by atoms with E-state index >= 15 is 0 Å². The molecule has 0 bridgehead atoms. The molecule has 0 saturated carbocycles. The van der Waals surface area contributed by atoms with Gasteiger partial charge in [0.15, 0.2) is 0 Å². The molecule has 0 aliphatic carbocycles. The van der Waals surface area contributed by atoms with E-state index in [9.17, 15) is 0 Å². The molecule has 0 aromatic carbocycles. The second kappa shape index (κ2) is 6.90. The van der Waals surface area contributed by atoms with Gasteiger partial charge in [0.2, 0.25) is 0 Å². The molecule has 0 N–H and O–H groups in total. The topological polar surface area (TPSA) is 30.3 Å². The summed E-state index contributed by atoms with van der Waals surface area (Å²) < 4.78 is 7.85. The molecular weight excluding hydrogens is 226 g/mol. The van der Waals surface area contributed by atoms with Crippen molar-refractivity contribution in [2.75, 3.05) is 19.7 Å². The van der Waals surface area contributed by atoms with Crippen molar-refractivity contribution >= 4 is 0 Å². The van der Waals surface area contributed by atoms with Crippen LogP contribution in [-0.4, -0.2) is 40.5 Å². The van der Waals surface area contributed by atoms with E-state index in [1.807, 2.05) is 4.68 Å². The lowest BCUT2D eigenvalue weighted by molar-refractivity contribution is -0.00256. The highest BCUT2D eigenvalue weighted by molar-refractivity contribution is 4.99. The average Bonchev–Trinajstić information content (AvgIpc) is 2.84. The van der Waals surface area contributed by atoms with Crippen LogP contribution in [0.1, 0.15) is 38.8 Å². The Hall–Kier alpha value is -0.870. The molecule has 0 amide bonds. The van der Waals surface area contributed by atoms with Crippen LogP contribution in [0.2, 0.25) is 0 Å². The fraction of sp³-hybridized carbons (Fsp3) is 0.786. The number of hydrogen-bond acceptors (Lipinski definition) is 3. The Bertz CT molecular complexity index is 351. The minimum atomic E-state index is 0.423. The molecule has 1 atom stereocenters. The van der Waals surface area contributed by atoms with Gasteiger partial charge in [0.25, 0.3) is 0 Å². The van der Waals surface area contributed by atoms with Crippen molar-refractivity contribution in [3.63, 3.8) is 0 Å². The van der Waals surface area contributed by atoms with Crippen molar-refractivity contribution in [1.29, 1.82) is 0 Å². The largest absolute Gasteiger partial charge is 0.377 e. The molecule has 102 valence electrons. The number of ether oxygens (including phenoxy) is 1. The number of aryl methyl sites for hydroxylation is 1. The Labute approximate surface area is 110 Å². The molecule has 0 radical (unpaired) electrons. The number of piperidine rings is 1. The molecule has 1 aliphatic rings. The van der Waals surface area contributed by atoms with Gasteiger partial charge in [-0.25, -0.2) is 0 Å². The summed E-state index contributed by atoms with van der Waals surface area (Å²) in [5, 5.41) is 4.54. The van der Waals surface area contributed by atoms with Gasteiger partial charge in [0.05, 0.1) is 11.8 Å². The average molecular weight is 251 g/mol. The molecule has 4 nitrogen and oxygen atoms in total. The molecular formula is C14H25N3O. The molecule has 2 rings (SSSR count). The van der Waals surface area contributed by atoms with Crippen molar-refractivity contribution in [3.05, 3.63) is 18.0 Å². The normalized spacial score (nSPS) is 21.3. The van der Waals surface area contributed by atoms with E-state index in [-0.39, 0.29) is 0 Å². The summed E-state index contributed by atoms with van der Waals surface area (Å²) in [6, 6.07) is 2.13. The first-order valence-electron chi connectivity index (χ1n) is 7.18. The molecule has 2 heterocycles. The summed E-state index contributed by atoms with van der Waals surface area (Å²) in [7, 11) is 0. The van der Waals surface area contributed by atoms with Gasteiger partial charge >= 0.3 is 0 Å². The lowest BCUT2D eigenvalue weighted by atomic mass is 10.1. The molecule has 1 unspecified atom stereocenters. The highest BCUT2D eigenvalue weighted by Crippen LogP contribution is 2.15. The van der Waals surface area contributed by atoms with Gasteiger partial charge in [0, 0.05) is 32.4 Å². The van der Waals surface area contributed by atoms with E-state index < -0.39 is 0 Å². The zero-order valence-corrected chi connectivity index (χ0v) is 11.6. The van der Waals surface area contributed by atoms with Gasteiger partial charge in [-0.15, -0.1) is 0 Å². The third-order valence-corrected chi connectivity index (χ3v) is 3.43. The maximum Gasteiger partial charge on any atom is 0.0764 e. The van der Waals surface area contributed by atoms with Crippen LogP contribution < -0.4 is 0 Å². The quantitative estimate of drug-likeness (QED) is 0.777. The first-order chi connectivity index (χ1) is 8.81. The van der Waals surface area contributed by atoms with Crippen molar-refractivity contribution < 1.29 is 4.74 Å². The van der Waals surface area contributed by atoms with Crippen LogP contribution in [0.25, 0.3) is 0 Å². The maximum atomic E-state index is 5.86. The van der Waals surface area contributed by atoms with Gasteiger partial charge in [-0.05, 0) is 38.8 Å². The van der Waals surface area contributed by atoms with Crippen LogP contribution in [-0.2, 0) is 17.8 Å². The first kappa shape index (κ1) is 13.6. The fourth-order valence-electron chi connectivity index (χ4n) is 2.47. The van der Waals surface area contributed by atoms with Crippen molar-refractivity contribution in [2.45, 2.75) is 52.3 Å². The molecule has 1 fully saturated rings. The highest BCUT2D eigenvalue weighted by Gasteiger charge is 2.20. The summed E-state index contributed by atoms with van der Waals surface area (Å²) in [5.41, 5.74) is 1.17. The van der Waals surface area contributed by atoms with E-state index in [0.717, 1.165) is 32.7 Å². The molecule has 1 saturated heterocycles. The zero-order valence-electron chi connectivity index (χ0n) is 11.6. The van der Waals surface area contributed by atoms with Gasteiger partial charge in [-0.1, -0.05) is 6.92 Å². The Morgan fingerprint density at radius 1 is 1.44 bits per heavy atom. The Morgan fingerprint density at radius 2 is 2.33 bits per heavy atom. The number of aromatic nitrogens is 2. The summed E-state index contributed by atoms with van der Waals surface area (Å²) in [6.45, 7) is 9.30. The third-order valence-electron chi connectivity index (χ3n) is 3.43. The minimum absolute atomic E-state index is 0.423. The van der Waals surface area contributed by atoms with Gasteiger partial charge in [0.1, 0.15) is 0 Å².